The van der Waals surface area contributed by atoms with Crippen molar-refractivity contribution in [3.63, 3.8) is 0 Å². The van der Waals surface area contributed by atoms with Crippen LogP contribution < -0.4 is 15.0 Å². The molecule has 0 N–H and O–H groups in total. The zero-order valence-corrected chi connectivity index (χ0v) is 14.3. The van der Waals surface area contributed by atoms with Crippen LogP contribution in [-0.4, -0.2) is 23.0 Å². The predicted octanol–water partition coefficient (Wildman–Crippen LogP) is 3.62. The second-order valence-corrected chi connectivity index (χ2v) is 6.04. The first kappa shape index (κ1) is 18.3. The lowest BCUT2D eigenvalue weighted by atomic mass is 10.2. The molecule has 1 aromatic heterocycles. The first-order valence-corrected chi connectivity index (χ1v) is 8.43. The van der Waals surface area contributed by atoms with Gasteiger partial charge in [0.25, 0.3) is 5.56 Å². The summed E-state index contributed by atoms with van der Waals surface area (Å²) in [6.45, 7) is 2.40. The fourth-order valence-corrected chi connectivity index (χ4v) is 2.54. The number of benzene rings is 1. The van der Waals surface area contributed by atoms with E-state index >= 15 is 0 Å². The summed E-state index contributed by atoms with van der Waals surface area (Å²) in [5.74, 6) is 1.25. The van der Waals surface area contributed by atoms with Gasteiger partial charge < -0.3 is 9.47 Å². The Morgan fingerprint density at radius 1 is 1.15 bits per heavy atom. The van der Waals surface area contributed by atoms with Gasteiger partial charge in [-0.1, -0.05) is 0 Å². The maximum atomic E-state index is 13.1. The molecular weight excluding hydrogens is 349 g/mol. The van der Waals surface area contributed by atoms with Crippen LogP contribution in [0.25, 0.3) is 0 Å². The minimum atomic E-state index is -4.69. The number of aromatic nitrogens is 2. The van der Waals surface area contributed by atoms with Crippen LogP contribution in [0.15, 0.2) is 35.1 Å². The minimum Gasteiger partial charge on any atom is -0.494 e. The highest BCUT2D eigenvalue weighted by Crippen LogP contribution is 2.40. The maximum absolute atomic E-state index is 13.1. The van der Waals surface area contributed by atoms with Crippen LogP contribution in [0.4, 0.5) is 13.2 Å². The van der Waals surface area contributed by atoms with Gasteiger partial charge in [0.15, 0.2) is 0 Å². The Bertz CT molecular complexity index is 812. The fourth-order valence-electron chi connectivity index (χ4n) is 2.54. The summed E-state index contributed by atoms with van der Waals surface area (Å²) in [5.41, 5.74) is -1.99. The van der Waals surface area contributed by atoms with Crippen LogP contribution in [0.3, 0.4) is 0 Å². The molecule has 1 heterocycles. The molecular formula is C18H19F3N2O3. The summed E-state index contributed by atoms with van der Waals surface area (Å²) >= 11 is 0. The van der Waals surface area contributed by atoms with Gasteiger partial charge in [-0.2, -0.15) is 18.3 Å². The van der Waals surface area contributed by atoms with Crippen molar-refractivity contribution in [2.75, 3.05) is 13.2 Å². The fraction of sp³-hybridized carbons (Fsp3) is 0.444. The molecule has 0 aliphatic heterocycles. The lowest BCUT2D eigenvalue weighted by molar-refractivity contribution is -0.139. The largest absolute Gasteiger partial charge is 0.494 e. The maximum Gasteiger partial charge on any atom is 0.421 e. The monoisotopic (exact) mass is 368 g/mol. The molecule has 140 valence electrons. The number of halogens is 3. The van der Waals surface area contributed by atoms with Gasteiger partial charge >= 0.3 is 6.18 Å². The number of rotatable bonds is 7. The quantitative estimate of drug-likeness (QED) is 0.749. The second-order valence-electron chi connectivity index (χ2n) is 6.04. The number of ether oxygens (including phenoxy) is 2. The molecule has 1 aliphatic rings. The van der Waals surface area contributed by atoms with Crippen molar-refractivity contribution in [3.8, 4) is 11.5 Å². The Hall–Kier alpha value is -2.51. The van der Waals surface area contributed by atoms with Crippen LogP contribution in [-0.2, 0) is 12.7 Å². The van der Waals surface area contributed by atoms with Gasteiger partial charge in [0.2, 0.25) is 0 Å². The number of nitrogens with zero attached hydrogens (tertiary/aromatic N) is 2. The van der Waals surface area contributed by atoms with Gasteiger partial charge in [0.05, 0.1) is 18.8 Å². The molecule has 2 aromatic rings. The van der Waals surface area contributed by atoms with Crippen LogP contribution in [0.5, 0.6) is 11.5 Å². The SMILES string of the molecule is CCOc1ccc(OCCn2nc(C3CC3)cc(C(F)(F)F)c2=O)cc1. The van der Waals surface area contributed by atoms with E-state index in [4.69, 9.17) is 9.47 Å². The van der Waals surface area contributed by atoms with E-state index in [1.807, 2.05) is 6.92 Å². The van der Waals surface area contributed by atoms with Crippen molar-refractivity contribution in [3.05, 3.63) is 51.9 Å². The van der Waals surface area contributed by atoms with Crippen molar-refractivity contribution < 1.29 is 22.6 Å². The van der Waals surface area contributed by atoms with Gasteiger partial charge in [0, 0.05) is 5.92 Å². The topological polar surface area (TPSA) is 53.4 Å². The van der Waals surface area contributed by atoms with E-state index in [0.717, 1.165) is 23.6 Å². The Labute approximate surface area is 148 Å². The van der Waals surface area contributed by atoms with E-state index < -0.39 is 17.3 Å². The van der Waals surface area contributed by atoms with Crippen molar-refractivity contribution in [2.24, 2.45) is 0 Å². The molecule has 0 bridgehead atoms. The van der Waals surface area contributed by atoms with E-state index in [0.29, 0.717) is 23.8 Å². The van der Waals surface area contributed by atoms with E-state index in [-0.39, 0.29) is 19.1 Å². The molecule has 1 saturated carbocycles. The van der Waals surface area contributed by atoms with E-state index in [9.17, 15) is 18.0 Å². The minimum absolute atomic E-state index is 0.00924. The average Bonchev–Trinajstić information content (AvgIpc) is 3.42. The van der Waals surface area contributed by atoms with Gasteiger partial charge in [-0.3, -0.25) is 4.79 Å². The van der Waals surface area contributed by atoms with Crippen LogP contribution in [0.2, 0.25) is 0 Å². The number of alkyl halides is 3. The van der Waals surface area contributed by atoms with Crippen molar-refractivity contribution in [2.45, 2.75) is 38.4 Å². The lowest BCUT2D eigenvalue weighted by Gasteiger charge is -2.13. The Balaban J connectivity index is 1.71. The third kappa shape index (κ3) is 4.36. The zero-order chi connectivity index (χ0) is 18.7. The summed E-state index contributed by atoms with van der Waals surface area (Å²) in [4.78, 5) is 12.1. The summed E-state index contributed by atoms with van der Waals surface area (Å²) in [6, 6.07) is 7.74. The molecule has 1 aromatic carbocycles. The molecule has 5 nitrogen and oxygen atoms in total. The molecule has 0 atom stereocenters. The van der Waals surface area contributed by atoms with Gasteiger partial charge in [-0.05, 0) is 50.1 Å². The van der Waals surface area contributed by atoms with E-state index in [1.54, 1.807) is 24.3 Å². The number of hydrogen-bond acceptors (Lipinski definition) is 4. The van der Waals surface area contributed by atoms with Crippen LogP contribution in [0.1, 0.15) is 36.9 Å². The molecule has 26 heavy (non-hydrogen) atoms. The van der Waals surface area contributed by atoms with Crippen LogP contribution >= 0.6 is 0 Å². The van der Waals surface area contributed by atoms with Gasteiger partial charge in [0.1, 0.15) is 23.7 Å². The first-order chi connectivity index (χ1) is 12.4. The number of hydrogen-bond donors (Lipinski definition) is 0. The molecule has 0 amide bonds. The highest BCUT2D eigenvalue weighted by Gasteiger charge is 2.37. The summed E-state index contributed by atoms with van der Waals surface area (Å²) in [5, 5.41) is 4.08. The first-order valence-electron chi connectivity index (χ1n) is 8.43. The Morgan fingerprint density at radius 2 is 1.77 bits per heavy atom. The summed E-state index contributed by atoms with van der Waals surface area (Å²) in [7, 11) is 0. The zero-order valence-electron chi connectivity index (χ0n) is 14.3. The smallest absolute Gasteiger partial charge is 0.421 e. The molecule has 0 spiro atoms. The van der Waals surface area contributed by atoms with Crippen LogP contribution in [0, 0.1) is 0 Å². The molecule has 0 saturated heterocycles. The molecule has 1 fully saturated rings. The van der Waals surface area contributed by atoms with Crippen molar-refractivity contribution in [1.82, 2.24) is 9.78 Å². The highest BCUT2D eigenvalue weighted by molar-refractivity contribution is 5.31. The molecule has 0 unspecified atom stereocenters. The van der Waals surface area contributed by atoms with E-state index in [1.165, 1.54) is 0 Å². The average molecular weight is 368 g/mol. The molecule has 3 rings (SSSR count). The highest BCUT2D eigenvalue weighted by atomic mass is 19.4. The predicted molar refractivity (Wildman–Crippen MR) is 88.6 cm³/mol. The van der Waals surface area contributed by atoms with Gasteiger partial charge in [-0.15, -0.1) is 0 Å². The normalized spacial score (nSPS) is 14.3. The molecule has 1 aliphatic carbocycles. The molecule has 0 radical (unpaired) electrons. The van der Waals surface area contributed by atoms with Crippen molar-refractivity contribution >= 4 is 0 Å². The summed E-state index contributed by atoms with van der Waals surface area (Å²) in [6.07, 6.45) is -3.10. The molecule has 8 heteroatoms. The van der Waals surface area contributed by atoms with Gasteiger partial charge in [-0.25, -0.2) is 4.68 Å². The third-order valence-corrected chi connectivity index (χ3v) is 4.00. The van der Waals surface area contributed by atoms with Crippen molar-refractivity contribution in [1.29, 1.82) is 0 Å². The second kappa shape index (κ2) is 7.39. The summed E-state index contributed by atoms with van der Waals surface area (Å²) < 4.78 is 51.0. The van der Waals surface area contributed by atoms with E-state index in [2.05, 4.69) is 5.10 Å². The Kier molecular flexibility index (Phi) is 5.20. The standard InChI is InChI=1S/C18H19F3N2O3/c1-2-25-13-5-7-14(8-6-13)26-10-9-23-17(24)15(18(19,20)21)11-16(22-23)12-3-4-12/h5-8,11-12H,2-4,9-10H2,1H3. The lowest BCUT2D eigenvalue weighted by Crippen LogP contribution is -2.33. The Morgan fingerprint density at radius 3 is 2.31 bits per heavy atom. The third-order valence-electron chi connectivity index (χ3n) is 4.00.